The molecule has 2 aromatic carbocycles. The number of aromatic nitrogens is 3. The molecule has 5 rings (SSSR count). The molecule has 186 valence electrons. The standard InChI is InChI=1S/C29H34N6O/c1-35(2)28-25-10-6-7-11-26(25)33-29(34-28)32-23-15-12-21(13-16-23)18-30-19-22-14-17-27(31-20-22)36-24-8-4-3-5-9-24/h3-11,14,17,20-21,23,30H,12-13,15-16,18-19H2,1-2H3,(H,32,33,34). The first kappa shape index (κ1) is 24.0. The number of hydrogen-bond donors (Lipinski definition) is 2. The molecule has 1 aliphatic carbocycles. The Balaban J connectivity index is 1.07. The fourth-order valence-corrected chi connectivity index (χ4v) is 4.76. The number of para-hydroxylation sites is 2. The third kappa shape index (κ3) is 6.10. The van der Waals surface area contributed by atoms with Crippen molar-refractivity contribution < 1.29 is 4.74 Å². The minimum Gasteiger partial charge on any atom is -0.439 e. The van der Waals surface area contributed by atoms with Crippen LogP contribution in [-0.2, 0) is 6.54 Å². The van der Waals surface area contributed by atoms with Gasteiger partial charge in [-0.15, -0.1) is 0 Å². The fraction of sp³-hybridized carbons (Fsp3) is 0.345. The van der Waals surface area contributed by atoms with E-state index < -0.39 is 0 Å². The number of hydrogen-bond acceptors (Lipinski definition) is 7. The first-order valence-electron chi connectivity index (χ1n) is 12.7. The van der Waals surface area contributed by atoms with Gasteiger partial charge in [-0.25, -0.2) is 9.97 Å². The molecular weight excluding hydrogens is 448 g/mol. The van der Waals surface area contributed by atoms with Gasteiger partial charge in [0.05, 0.1) is 5.52 Å². The van der Waals surface area contributed by atoms with E-state index >= 15 is 0 Å². The zero-order chi connectivity index (χ0) is 24.7. The van der Waals surface area contributed by atoms with Crippen LogP contribution in [0.2, 0.25) is 0 Å². The smallest absolute Gasteiger partial charge is 0.225 e. The summed E-state index contributed by atoms with van der Waals surface area (Å²) in [5.41, 5.74) is 2.14. The van der Waals surface area contributed by atoms with Gasteiger partial charge in [0.15, 0.2) is 0 Å². The maximum Gasteiger partial charge on any atom is 0.225 e. The molecule has 0 radical (unpaired) electrons. The monoisotopic (exact) mass is 482 g/mol. The molecule has 1 aliphatic rings. The lowest BCUT2D eigenvalue weighted by Crippen LogP contribution is -2.31. The zero-order valence-electron chi connectivity index (χ0n) is 21.0. The largest absolute Gasteiger partial charge is 0.439 e. The number of anilines is 2. The SMILES string of the molecule is CN(C)c1nc(NC2CCC(CNCc3ccc(Oc4ccccc4)nc3)CC2)nc2ccccc12. The van der Waals surface area contributed by atoms with Gasteiger partial charge >= 0.3 is 0 Å². The van der Waals surface area contributed by atoms with Gasteiger partial charge in [-0.1, -0.05) is 36.4 Å². The van der Waals surface area contributed by atoms with Crippen molar-refractivity contribution in [1.82, 2.24) is 20.3 Å². The van der Waals surface area contributed by atoms with Gasteiger partial charge in [-0.2, -0.15) is 4.98 Å². The Bertz CT molecular complexity index is 1250. The van der Waals surface area contributed by atoms with E-state index in [1.807, 2.05) is 68.8 Å². The number of fused-ring (bicyclic) bond motifs is 1. The summed E-state index contributed by atoms with van der Waals surface area (Å²) < 4.78 is 5.78. The Kier molecular flexibility index (Phi) is 7.57. The highest BCUT2D eigenvalue weighted by Gasteiger charge is 2.22. The molecule has 0 unspecified atom stereocenters. The Morgan fingerprint density at radius 3 is 2.42 bits per heavy atom. The molecule has 1 fully saturated rings. The molecule has 0 amide bonds. The van der Waals surface area contributed by atoms with Gasteiger partial charge in [0.1, 0.15) is 11.6 Å². The summed E-state index contributed by atoms with van der Waals surface area (Å²) in [5.74, 6) is 3.78. The summed E-state index contributed by atoms with van der Waals surface area (Å²) in [6, 6.07) is 22.3. The van der Waals surface area contributed by atoms with Crippen LogP contribution in [0.25, 0.3) is 10.9 Å². The van der Waals surface area contributed by atoms with Crippen LogP contribution >= 0.6 is 0 Å². The van der Waals surface area contributed by atoms with Gasteiger partial charge in [-0.3, -0.25) is 0 Å². The summed E-state index contributed by atoms with van der Waals surface area (Å²) in [6.45, 7) is 1.83. The second-order valence-electron chi connectivity index (χ2n) is 9.70. The van der Waals surface area contributed by atoms with Crippen molar-refractivity contribution in [3.8, 4) is 11.6 Å². The highest BCUT2D eigenvalue weighted by molar-refractivity contribution is 5.90. The second-order valence-corrected chi connectivity index (χ2v) is 9.70. The second kappa shape index (κ2) is 11.4. The molecule has 36 heavy (non-hydrogen) atoms. The average Bonchev–Trinajstić information content (AvgIpc) is 2.91. The van der Waals surface area contributed by atoms with Crippen molar-refractivity contribution in [1.29, 1.82) is 0 Å². The average molecular weight is 483 g/mol. The predicted octanol–water partition coefficient (Wildman–Crippen LogP) is 5.64. The topological polar surface area (TPSA) is 75.2 Å². The third-order valence-corrected chi connectivity index (χ3v) is 6.71. The van der Waals surface area contributed by atoms with Gasteiger partial charge in [0.25, 0.3) is 0 Å². The highest BCUT2D eigenvalue weighted by Crippen LogP contribution is 2.28. The quantitative estimate of drug-likeness (QED) is 0.320. The van der Waals surface area contributed by atoms with E-state index in [1.54, 1.807) is 0 Å². The van der Waals surface area contributed by atoms with Crippen LogP contribution in [0.5, 0.6) is 11.6 Å². The third-order valence-electron chi connectivity index (χ3n) is 6.71. The molecule has 2 N–H and O–H groups in total. The van der Waals surface area contributed by atoms with Crippen LogP contribution in [0.4, 0.5) is 11.8 Å². The molecule has 0 bridgehead atoms. The van der Waals surface area contributed by atoms with E-state index in [1.165, 1.54) is 12.8 Å². The van der Waals surface area contributed by atoms with Gasteiger partial charge in [0, 0.05) is 44.3 Å². The Labute approximate surface area is 213 Å². The van der Waals surface area contributed by atoms with Crippen molar-refractivity contribution in [3.05, 3.63) is 78.5 Å². The summed E-state index contributed by atoms with van der Waals surface area (Å²) in [4.78, 5) is 16.1. The van der Waals surface area contributed by atoms with Gasteiger partial charge in [-0.05, 0) is 68.0 Å². The lowest BCUT2D eigenvalue weighted by Gasteiger charge is -2.29. The minimum absolute atomic E-state index is 0.416. The van der Waals surface area contributed by atoms with E-state index in [0.29, 0.717) is 17.8 Å². The Hall–Kier alpha value is -3.71. The van der Waals surface area contributed by atoms with Crippen LogP contribution in [-0.4, -0.2) is 41.6 Å². The molecule has 7 nitrogen and oxygen atoms in total. The Morgan fingerprint density at radius 1 is 0.889 bits per heavy atom. The molecule has 2 aromatic heterocycles. The molecule has 1 saturated carbocycles. The molecular formula is C29H34N6O. The minimum atomic E-state index is 0.416. The first-order valence-corrected chi connectivity index (χ1v) is 12.7. The number of pyridine rings is 1. The van der Waals surface area contributed by atoms with Crippen molar-refractivity contribution >= 4 is 22.7 Å². The number of rotatable bonds is 9. The zero-order valence-corrected chi connectivity index (χ0v) is 21.0. The maximum absolute atomic E-state index is 5.78. The molecule has 7 heteroatoms. The molecule has 0 saturated heterocycles. The van der Waals surface area contributed by atoms with Crippen molar-refractivity contribution in [2.75, 3.05) is 30.9 Å². The molecule has 2 heterocycles. The molecule has 0 aliphatic heterocycles. The normalized spacial score (nSPS) is 17.6. The lowest BCUT2D eigenvalue weighted by atomic mass is 9.86. The fourth-order valence-electron chi connectivity index (χ4n) is 4.76. The van der Waals surface area contributed by atoms with E-state index in [2.05, 4.69) is 38.7 Å². The number of ether oxygens (including phenoxy) is 1. The van der Waals surface area contributed by atoms with Crippen LogP contribution in [0.3, 0.4) is 0 Å². The van der Waals surface area contributed by atoms with Gasteiger partial charge < -0.3 is 20.3 Å². The van der Waals surface area contributed by atoms with Gasteiger partial charge in [0.2, 0.25) is 11.8 Å². The molecule has 0 spiro atoms. The summed E-state index contributed by atoms with van der Waals surface area (Å²) in [6.07, 6.45) is 6.54. The van der Waals surface area contributed by atoms with Crippen molar-refractivity contribution in [2.24, 2.45) is 5.92 Å². The maximum atomic E-state index is 5.78. The van der Waals surface area contributed by atoms with Crippen molar-refractivity contribution in [3.63, 3.8) is 0 Å². The van der Waals surface area contributed by atoms with E-state index in [9.17, 15) is 0 Å². The first-order chi connectivity index (χ1) is 17.6. The summed E-state index contributed by atoms with van der Waals surface area (Å²) >= 11 is 0. The van der Waals surface area contributed by atoms with Crippen molar-refractivity contribution in [2.45, 2.75) is 38.3 Å². The number of nitrogens with zero attached hydrogens (tertiary/aromatic N) is 4. The lowest BCUT2D eigenvalue weighted by molar-refractivity contribution is 0.323. The summed E-state index contributed by atoms with van der Waals surface area (Å²) in [5, 5.41) is 8.30. The van der Waals surface area contributed by atoms with Crippen LogP contribution in [0.1, 0.15) is 31.2 Å². The van der Waals surface area contributed by atoms with E-state index in [-0.39, 0.29) is 0 Å². The molecule has 4 aromatic rings. The highest BCUT2D eigenvalue weighted by atomic mass is 16.5. The number of benzene rings is 2. The number of nitrogens with one attached hydrogen (secondary N) is 2. The van der Waals surface area contributed by atoms with E-state index in [4.69, 9.17) is 14.7 Å². The summed E-state index contributed by atoms with van der Waals surface area (Å²) in [7, 11) is 4.05. The Morgan fingerprint density at radius 2 is 1.67 bits per heavy atom. The molecule has 0 atom stereocenters. The van der Waals surface area contributed by atoms with Crippen LogP contribution < -0.4 is 20.3 Å². The predicted molar refractivity (Wildman–Crippen MR) is 146 cm³/mol. The van der Waals surface area contributed by atoms with Crippen LogP contribution in [0.15, 0.2) is 72.9 Å². The van der Waals surface area contributed by atoms with E-state index in [0.717, 1.165) is 59.9 Å². The van der Waals surface area contributed by atoms with Crippen LogP contribution in [0, 0.1) is 5.92 Å².